The Morgan fingerprint density at radius 3 is 2.58 bits per heavy atom. The lowest BCUT2D eigenvalue weighted by molar-refractivity contribution is 0.0444. The highest BCUT2D eigenvalue weighted by Gasteiger charge is 2.15. The molecule has 0 saturated carbocycles. The Morgan fingerprint density at radius 2 is 1.95 bits per heavy atom. The van der Waals surface area contributed by atoms with Crippen molar-refractivity contribution in [3.05, 3.63) is 59.6 Å². The number of Topliss-reactive ketones (excluding diaryl/α,β-unsaturated/α-hetero) is 1. The van der Waals surface area contributed by atoms with Crippen molar-refractivity contribution in [3.8, 4) is 0 Å². The van der Waals surface area contributed by atoms with Crippen molar-refractivity contribution in [3.63, 3.8) is 0 Å². The monoisotopic (exact) mass is 266 g/mol. The highest BCUT2D eigenvalue weighted by molar-refractivity contribution is 5.98. The maximum atomic E-state index is 12.9. The molecular formula is C13H8F2O4. The Bertz CT molecular complexity index is 605. The summed E-state index contributed by atoms with van der Waals surface area (Å²) in [6, 6.07) is 5.56. The van der Waals surface area contributed by atoms with E-state index in [9.17, 15) is 18.4 Å². The van der Waals surface area contributed by atoms with Crippen LogP contribution in [0.4, 0.5) is 8.78 Å². The van der Waals surface area contributed by atoms with Gasteiger partial charge >= 0.3 is 5.97 Å². The molecule has 0 atom stereocenters. The fraction of sp³-hybridized carbons (Fsp3) is 0.0769. The summed E-state index contributed by atoms with van der Waals surface area (Å²) in [6.45, 7) is -0.579. The predicted molar refractivity (Wildman–Crippen MR) is 59.7 cm³/mol. The quantitative estimate of drug-likeness (QED) is 0.630. The van der Waals surface area contributed by atoms with Crippen molar-refractivity contribution >= 4 is 11.8 Å². The van der Waals surface area contributed by atoms with Crippen LogP contribution in [-0.2, 0) is 4.74 Å². The van der Waals surface area contributed by atoms with Gasteiger partial charge in [-0.15, -0.1) is 0 Å². The molecule has 1 heterocycles. The minimum Gasteiger partial charge on any atom is -0.457 e. The fourth-order valence-corrected chi connectivity index (χ4v) is 1.35. The van der Waals surface area contributed by atoms with Gasteiger partial charge in [-0.3, -0.25) is 4.79 Å². The van der Waals surface area contributed by atoms with Gasteiger partial charge in [0.05, 0.1) is 6.26 Å². The first-order valence-corrected chi connectivity index (χ1v) is 5.27. The number of rotatable bonds is 4. The Kier molecular flexibility index (Phi) is 3.70. The van der Waals surface area contributed by atoms with Crippen molar-refractivity contribution in [2.75, 3.05) is 6.61 Å². The molecule has 0 radical (unpaired) electrons. The van der Waals surface area contributed by atoms with E-state index in [1.807, 2.05) is 0 Å². The first-order chi connectivity index (χ1) is 9.08. The molecule has 2 rings (SSSR count). The van der Waals surface area contributed by atoms with E-state index in [-0.39, 0.29) is 11.3 Å². The van der Waals surface area contributed by atoms with Gasteiger partial charge in [-0.05, 0) is 30.3 Å². The third-order valence-electron chi connectivity index (χ3n) is 2.30. The molecule has 0 amide bonds. The van der Waals surface area contributed by atoms with E-state index >= 15 is 0 Å². The van der Waals surface area contributed by atoms with Crippen LogP contribution in [0.25, 0.3) is 0 Å². The minimum absolute atomic E-state index is 0.0434. The molecule has 1 aromatic heterocycles. The van der Waals surface area contributed by atoms with E-state index in [1.54, 1.807) is 0 Å². The number of carbonyl (C=O) groups is 2. The van der Waals surface area contributed by atoms with Crippen LogP contribution in [0, 0.1) is 11.6 Å². The third-order valence-corrected chi connectivity index (χ3v) is 2.30. The molecule has 2 aromatic rings. The van der Waals surface area contributed by atoms with Crippen molar-refractivity contribution in [2.24, 2.45) is 0 Å². The van der Waals surface area contributed by atoms with Crippen LogP contribution < -0.4 is 0 Å². The van der Waals surface area contributed by atoms with Gasteiger partial charge in [0.1, 0.15) is 0 Å². The minimum atomic E-state index is -1.14. The van der Waals surface area contributed by atoms with Gasteiger partial charge in [-0.1, -0.05) is 0 Å². The highest BCUT2D eigenvalue weighted by atomic mass is 19.2. The molecule has 0 aliphatic carbocycles. The van der Waals surface area contributed by atoms with Gasteiger partial charge in [0.25, 0.3) is 0 Å². The second-order valence-corrected chi connectivity index (χ2v) is 3.61. The number of esters is 1. The lowest BCUT2D eigenvalue weighted by Crippen LogP contribution is -2.14. The Labute approximate surface area is 106 Å². The van der Waals surface area contributed by atoms with E-state index in [0.29, 0.717) is 0 Å². The first-order valence-electron chi connectivity index (χ1n) is 5.27. The maximum absolute atomic E-state index is 12.9. The van der Waals surface area contributed by atoms with E-state index in [2.05, 4.69) is 4.74 Å². The molecule has 98 valence electrons. The van der Waals surface area contributed by atoms with Crippen LogP contribution in [0.3, 0.4) is 0 Å². The SMILES string of the molecule is O=C(COC(=O)c1ccco1)c1ccc(F)c(F)c1. The van der Waals surface area contributed by atoms with E-state index in [0.717, 1.165) is 18.2 Å². The number of carbonyl (C=O) groups excluding carboxylic acids is 2. The molecule has 0 aliphatic heterocycles. The molecule has 0 aliphatic rings. The average molecular weight is 266 g/mol. The topological polar surface area (TPSA) is 56.5 Å². The summed E-state index contributed by atoms with van der Waals surface area (Å²) in [5, 5.41) is 0. The standard InChI is InChI=1S/C13H8F2O4/c14-9-4-3-8(6-10(9)15)11(16)7-19-13(17)12-2-1-5-18-12/h1-6H,7H2. The predicted octanol–water partition coefficient (Wildman–Crippen LogP) is 2.60. The molecule has 0 unspecified atom stereocenters. The summed E-state index contributed by atoms with van der Waals surface area (Å²) in [6.07, 6.45) is 1.29. The summed E-state index contributed by atoms with van der Waals surface area (Å²) in [5.41, 5.74) is -0.0776. The van der Waals surface area contributed by atoms with Gasteiger partial charge in [0, 0.05) is 5.56 Å². The number of ketones is 1. The lowest BCUT2D eigenvalue weighted by atomic mass is 10.1. The average Bonchev–Trinajstić information content (AvgIpc) is 2.92. The van der Waals surface area contributed by atoms with Crippen LogP contribution in [0.2, 0.25) is 0 Å². The number of furan rings is 1. The Morgan fingerprint density at radius 1 is 1.16 bits per heavy atom. The molecule has 0 N–H and O–H groups in total. The molecule has 0 saturated heterocycles. The van der Waals surface area contributed by atoms with Gasteiger partial charge in [0.15, 0.2) is 24.0 Å². The maximum Gasteiger partial charge on any atom is 0.374 e. The van der Waals surface area contributed by atoms with Crippen molar-refractivity contribution in [1.29, 1.82) is 0 Å². The lowest BCUT2D eigenvalue weighted by Gasteiger charge is -2.03. The Hall–Kier alpha value is -2.50. The van der Waals surface area contributed by atoms with Gasteiger partial charge in [-0.25, -0.2) is 13.6 Å². The van der Waals surface area contributed by atoms with E-state index in [1.165, 1.54) is 18.4 Å². The Balaban J connectivity index is 1.98. The van der Waals surface area contributed by atoms with Crippen molar-refractivity contribution < 1.29 is 27.5 Å². The number of halogens is 2. The van der Waals surface area contributed by atoms with E-state index < -0.39 is 30.0 Å². The molecular weight excluding hydrogens is 258 g/mol. The molecule has 0 bridgehead atoms. The zero-order valence-electron chi connectivity index (χ0n) is 9.56. The molecule has 19 heavy (non-hydrogen) atoms. The first kappa shape index (κ1) is 12.9. The van der Waals surface area contributed by atoms with Crippen LogP contribution >= 0.6 is 0 Å². The molecule has 6 heteroatoms. The number of ether oxygens (including phenoxy) is 1. The van der Waals surface area contributed by atoms with E-state index in [4.69, 9.17) is 4.42 Å². The third kappa shape index (κ3) is 3.04. The van der Waals surface area contributed by atoms with Crippen LogP contribution in [0.5, 0.6) is 0 Å². The largest absolute Gasteiger partial charge is 0.457 e. The number of hydrogen-bond acceptors (Lipinski definition) is 4. The molecule has 0 fully saturated rings. The summed E-state index contributed by atoms with van der Waals surface area (Å²) in [5.74, 6) is -3.68. The summed E-state index contributed by atoms with van der Waals surface area (Å²) < 4.78 is 35.0. The van der Waals surface area contributed by atoms with Gasteiger partial charge in [0.2, 0.25) is 5.76 Å². The zero-order chi connectivity index (χ0) is 13.8. The van der Waals surface area contributed by atoms with Crippen molar-refractivity contribution in [2.45, 2.75) is 0 Å². The second-order valence-electron chi connectivity index (χ2n) is 3.61. The van der Waals surface area contributed by atoms with Crippen molar-refractivity contribution in [1.82, 2.24) is 0 Å². The van der Waals surface area contributed by atoms with Crippen LogP contribution in [0.15, 0.2) is 41.0 Å². The highest BCUT2D eigenvalue weighted by Crippen LogP contribution is 2.10. The summed E-state index contributed by atoms with van der Waals surface area (Å²) in [4.78, 5) is 22.9. The summed E-state index contributed by atoms with van der Waals surface area (Å²) >= 11 is 0. The molecule has 1 aromatic carbocycles. The van der Waals surface area contributed by atoms with Crippen LogP contribution in [-0.4, -0.2) is 18.4 Å². The molecule has 4 nitrogen and oxygen atoms in total. The van der Waals surface area contributed by atoms with Gasteiger partial charge in [-0.2, -0.15) is 0 Å². The van der Waals surface area contributed by atoms with Gasteiger partial charge < -0.3 is 9.15 Å². The second kappa shape index (κ2) is 5.43. The van der Waals surface area contributed by atoms with Crippen LogP contribution in [0.1, 0.15) is 20.9 Å². The fourth-order valence-electron chi connectivity index (χ4n) is 1.35. The normalized spacial score (nSPS) is 10.2. The smallest absolute Gasteiger partial charge is 0.374 e. The summed E-state index contributed by atoms with van der Waals surface area (Å²) in [7, 11) is 0. The zero-order valence-corrected chi connectivity index (χ0v) is 9.56. The molecule has 0 spiro atoms. The number of hydrogen-bond donors (Lipinski definition) is 0. The number of benzene rings is 1.